The molecule has 0 unspecified atom stereocenters. The summed E-state index contributed by atoms with van der Waals surface area (Å²) in [6.45, 7) is 3.24. The van der Waals surface area contributed by atoms with Crippen LogP contribution in [-0.2, 0) is 4.79 Å². The molecule has 1 heterocycles. The number of thiol groups is 1. The molecule has 17 heavy (non-hydrogen) atoms. The maximum absolute atomic E-state index is 11.7. The van der Waals surface area contributed by atoms with Crippen LogP contribution >= 0.6 is 12.6 Å². The van der Waals surface area contributed by atoms with Crippen LogP contribution in [0.4, 0.5) is 0 Å². The van der Waals surface area contributed by atoms with E-state index in [0.717, 1.165) is 0 Å². The average molecular weight is 254 g/mol. The molecule has 0 aliphatic rings. The number of rotatable bonds is 4. The lowest BCUT2D eigenvalue weighted by Gasteiger charge is -2.26. The number of hydrogen-bond acceptors (Lipinski definition) is 4. The van der Waals surface area contributed by atoms with Gasteiger partial charge in [-0.05, 0) is 26.0 Å². The molecule has 0 aromatic carbocycles. The van der Waals surface area contributed by atoms with Crippen LogP contribution < -0.4 is 5.32 Å². The van der Waals surface area contributed by atoms with E-state index >= 15 is 0 Å². The van der Waals surface area contributed by atoms with Crippen molar-refractivity contribution in [3.8, 4) is 0 Å². The molecule has 1 aromatic rings. The highest BCUT2D eigenvalue weighted by molar-refractivity contribution is 7.81. The van der Waals surface area contributed by atoms with Crippen molar-refractivity contribution in [1.82, 2.24) is 10.3 Å². The first-order valence-corrected chi connectivity index (χ1v) is 5.44. The first kappa shape index (κ1) is 13.5. The number of carbonyl (C=O) groups excluding carboxylic acids is 1. The van der Waals surface area contributed by atoms with E-state index in [2.05, 4.69) is 22.9 Å². The molecule has 1 amide bonds. The van der Waals surface area contributed by atoms with Gasteiger partial charge in [0.25, 0.3) is 5.91 Å². The van der Waals surface area contributed by atoms with E-state index in [9.17, 15) is 9.59 Å². The van der Waals surface area contributed by atoms with Gasteiger partial charge in [-0.25, -0.2) is 4.79 Å². The SMILES string of the molecule is CC(C)(S)[C@@H](NC(=O)c1ccccn1)C(=O)O. The molecule has 0 radical (unpaired) electrons. The minimum Gasteiger partial charge on any atom is -0.480 e. The largest absolute Gasteiger partial charge is 0.480 e. The van der Waals surface area contributed by atoms with E-state index in [0.29, 0.717) is 0 Å². The monoisotopic (exact) mass is 254 g/mol. The standard InChI is InChI=1S/C11H14N2O3S/c1-11(2,17)8(10(15)16)13-9(14)7-5-3-4-6-12-7/h3-6,8,17H,1-2H3,(H,13,14)(H,15,16)/t8-/m0/s1. The summed E-state index contributed by atoms with van der Waals surface area (Å²) in [6.07, 6.45) is 1.47. The second-order valence-electron chi connectivity index (χ2n) is 4.11. The van der Waals surface area contributed by atoms with Gasteiger partial charge < -0.3 is 10.4 Å². The summed E-state index contributed by atoms with van der Waals surface area (Å²) in [7, 11) is 0. The molecule has 92 valence electrons. The molecular formula is C11H14N2O3S. The lowest BCUT2D eigenvalue weighted by molar-refractivity contribution is -0.139. The summed E-state index contributed by atoms with van der Waals surface area (Å²) < 4.78 is -0.865. The fraction of sp³-hybridized carbons (Fsp3) is 0.364. The van der Waals surface area contributed by atoms with Gasteiger partial charge in [0, 0.05) is 10.9 Å². The maximum atomic E-state index is 11.7. The Balaban J connectivity index is 2.83. The second kappa shape index (κ2) is 5.18. The third-order valence-electron chi connectivity index (χ3n) is 2.13. The van der Waals surface area contributed by atoms with Gasteiger partial charge >= 0.3 is 5.97 Å². The van der Waals surface area contributed by atoms with Gasteiger partial charge in [-0.2, -0.15) is 12.6 Å². The highest BCUT2D eigenvalue weighted by Gasteiger charge is 2.33. The van der Waals surface area contributed by atoms with E-state index in [-0.39, 0.29) is 5.69 Å². The Morgan fingerprint density at radius 2 is 2.12 bits per heavy atom. The second-order valence-corrected chi connectivity index (χ2v) is 5.27. The van der Waals surface area contributed by atoms with Crippen LogP contribution in [0.25, 0.3) is 0 Å². The first-order valence-electron chi connectivity index (χ1n) is 4.99. The van der Waals surface area contributed by atoms with Gasteiger partial charge in [-0.1, -0.05) is 6.07 Å². The number of carboxylic acid groups (broad SMARTS) is 1. The van der Waals surface area contributed by atoms with E-state index in [1.807, 2.05) is 0 Å². The summed E-state index contributed by atoms with van der Waals surface area (Å²) in [5.74, 6) is -1.66. The molecule has 0 aliphatic carbocycles. The number of nitrogens with one attached hydrogen (secondary N) is 1. The zero-order chi connectivity index (χ0) is 13.1. The lowest BCUT2D eigenvalue weighted by atomic mass is 10.0. The van der Waals surface area contributed by atoms with Crippen LogP contribution in [0.15, 0.2) is 24.4 Å². The summed E-state index contributed by atoms with van der Waals surface area (Å²) in [6, 6.07) is 3.76. The first-order chi connectivity index (χ1) is 7.82. The van der Waals surface area contributed by atoms with Crippen molar-refractivity contribution < 1.29 is 14.7 Å². The summed E-state index contributed by atoms with van der Waals surface area (Å²) in [5.41, 5.74) is 0.177. The predicted octanol–water partition coefficient (Wildman–Crippen LogP) is 0.973. The molecule has 1 rings (SSSR count). The van der Waals surface area contributed by atoms with Crippen LogP contribution in [-0.4, -0.2) is 32.8 Å². The van der Waals surface area contributed by atoms with Gasteiger partial charge in [-0.3, -0.25) is 9.78 Å². The molecule has 5 nitrogen and oxygen atoms in total. The number of pyridine rings is 1. The van der Waals surface area contributed by atoms with Crippen LogP contribution in [0.1, 0.15) is 24.3 Å². The molecule has 0 bridgehead atoms. The molecule has 0 spiro atoms. The number of carboxylic acids is 1. The van der Waals surface area contributed by atoms with Crippen molar-refractivity contribution in [2.45, 2.75) is 24.6 Å². The highest BCUT2D eigenvalue weighted by atomic mass is 32.1. The normalized spacial score (nSPS) is 12.9. The minimum atomic E-state index is -1.13. The average Bonchev–Trinajstić information content (AvgIpc) is 2.24. The zero-order valence-corrected chi connectivity index (χ0v) is 10.4. The molecule has 0 aliphatic heterocycles. The molecule has 2 N–H and O–H groups in total. The fourth-order valence-corrected chi connectivity index (χ4v) is 1.42. The molecule has 0 saturated carbocycles. The Morgan fingerprint density at radius 1 is 1.47 bits per heavy atom. The van der Waals surface area contributed by atoms with E-state index in [4.69, 9.17) is 5.11 Å². The molecule has 0 fully saturated rings. The molecule has 6 heteroatoms. The quantitative estimate of drug-likeness (QED) is 0.700. The van der Waals surface area contributed by atoms with Crippen molar-refractivity contribution in [3.05, 3.63) is 30.1 Å². The minimum absolute atomic E-state index is 0.177. The Hall–Kier alpha value is -1.56. The van der Waals surface area contributed by atoms with Crippen molar-refractivity contribution in [2.24, 2.45) is 0 Å². The number of aromatic nitrogens is 1. The summed E-state index contributed by atoms with van der Waals surface area (Å²) in [4.78, 5) is 26.6. The van der Waals surface area contributed by atoms with E-state index in [1.54, 1.807) is 26.0 Å². The Labute approximate surface area is 105 Å². The van der Waals surface area contributed by atoms with Crippen LogP contribution in [0, 0.1) is 0 Å². The van der Waals surface area contributed by atoms with Crippen molar-refractivity contribution in [2.75, 3.05) is 0 Å². The van der Waals surface area contributed by atoms with Gasteiger partial charge in [0.05, 0.1) is 0 Å². The topological polar surface area (TPSA) is 79.3 Å². The Bertz CT molecular complexity index is 414. The predicted molar refractivity (Wildman–Crippen MR) is 66.2 cm³/mol. The maximum Gasteiger partial charge on any atom is 0.327 e. The third-order valence-corrected chi connectivity index (χ3v) is 2.38. The zero-order valence-electron chi connectivity index (χ0n) is 9.54. The Morgan fingerprint density at radius 3 is 2.53 bits per heavy atom. The fourth-order valence-electron chi connectivity index (χ4n) is 1.24. The van der Waals surface area contributed by atoms with Crippen molar-refractivity contribution in [3.63, 3.8) is 0 Å². The van der Waals surface area contributed by atoms with E-state index < -0.39 is 22.7 Å². The van der Waals surface area contributed by atoms with Crippen molar-refractivity contribution in [1.29, 1.82) is 0 Å². The number of aliphatic carboxylic acids is 1. The highest BCUT2D eigenvalue weighted by Crippen LogP contribution is 2.18. The van der Waals surface area contributed by atoms with E-state index in [1.165, 1.54) is 12.3 Å². The number of nitrogens with zero attached hydrogens (tertiary/aromatic N) is 1. The molecule has 1 atom stereocenters. The van der Waals surface area contributed by atoms with Gasteiger partial charge in [0.1, 0.15) is 11.7 Å². The number of hydrogen-bond donors (Lipinski definition) is 3. The molecular weight excluding hydrogens is 240 g/mol. The van der Waals surface area contributed by atoms with Gasteiger partial charge in [0.15, 0.2) is 0 Å². The van der Waals surface area contributed by atoms with Gasteiger partial charge in [0.2, 0.25) is 0 Å². The summed E-state index contributed by atoms with van der Waals surface area (Å²) >= 11 is 4.16. The Kier molecular flexibility index (Phi) is 4.11. The lowest BCUT2D eigenvalue weighted by Crippen LogP contribution is -2.51. The van der Waals surface area contributed by atoms with Crippen LogP contribution in [0.2, 0.25) is 0 Å². The molecule has 0 saturated heterocycles. The summed E-state index contributed by atoms with van der Waals surface area (Å²) in [5, 5.41) is 11.4. The van der Waals surface area contributed by atoms with Crippen molar-refractivity contribution >= 4 is 24.5 Å². The van der Waals surface area contributed by atoms with Crippen LogP contribution in [0.3, 0.4) is 0 Å². The number of carbonyl (C=O) groups is 2. The number of amides is 1. The van der Waals surface area contributed by atoms with Gasteiger partial charge in [-0.15, -0.1) is 0 Å². The third kappa shape index (κ3) is 3.74. The van der Waals surface area contributed by atoms with Crippen LogP contribution in [0.5, 0.6) is 0 Å². The molecule has 1 aromatic heterocycles. The smallest absolute Gasteiger partial charge is 0.327 e.